The second kappa shape index (κ2) is 9.67. The molecule has 1 aromatic rings. The Labute approximate surface area is 218 Å². The van der Waals surface area contributed by atoms with Gasteiger partial charge in [-0.05, 0) is 43.4 Å². The summed E-state index contributed by atoms with van der Waals surface area (Å²) in [6.45, 7) is 8.27. The fourth-order valence-electron chi connectivity index (χ4n) is 7.11. The Balaban J connectivity index is 1.96. The van der Waals surface area contributed by atoms with Gasteiger partial charge in [0, 0.05) is 36.1 Å². The number of allylic oxidation sites excluding steroid dienone is 2. The maximum Gasteiger partial charge on any atom is 0.303 e. The van der Waals surface area contributed by atoms with Gasteiger partial charge in [0.05, 0.1) is 0 Å². The number of Topliss-reactive ketones (excluding diaryl/α,β-unsaturated/α-hetero) is 1. The minimum Gasteiger partial charge on any atom is -0.457 e. The number of carbonyl (C=O) groups is 4. The van der Waals surface area contributed by atoms with E-state index in [2.05, 4.69) is 5.32 Å². The number of hydrogen-bond donors (Lipinski definition) is 2. The zero-order chi connectivity index (χ0) is 27.2. The van der Waals surface area contributed by atoms with E-state index in [1.54, 1.807) is 6.92 Å². The molecule has 1 aliphatic heterocycles. The number of aldehydes is 1. The molecule has 1 amide bonds. The fraction of sp³-hybridized carbons (Fsp3) is 0.533. The standard InChI is InChI=1S/C30H37NO6/c1-18-10-9-13-23-28(4,17-32)19(2)25-22(16-21-11-7-6-8-12-21)31-27(35)30(23,25)24(37-20(3)33)14-15-29(5,36)26(18)34/h6-9,11-15,17-19,22-25,36H,10,16H2,1-5H3,(H,31,35)/b13-9+,15-14+/t18-,19-,22-,23-,24+,25-,28-,29+,30+/m0/s1. The van der Waals surface area contributed by atoms with Crippen LogP contribution in [0.25, 0.3) is 0 Å². The molecule has 4 rings (SSSR count). The van der Waals surface area contributed by atoms with Gasteiger partial charge in [0.1, 0.15) is 23.4 Å². The number of nitrogens with one attached hydrogen (secondary N) is 1. The summed E-state index contributed by atoms with van der Waals surface area (Å²) in [5.41, 5.74) is -3.00. The molecular formula is C30H37NO6. The van der Waals surface area contributed by atoms with E-state index in [1.807, 2.05) is 56.3 Å². The molecule has 3 aliphatic rings. The first-order valence-corrected chi connectivity index (χ1v) is 13.0. The van der Waals surface area contributed by atoms with Crippen molar-refractivity contribution in [2.75, 3.05) is 0 Å². The molecule has 2 N–H and O–H groups in total. The zero-order valence-corrected chi connectivity index (χ0v) is 22.1. The van der Waals surface area contributed by atoms with Crippen LogP contribution in [0.4, 0.5) is 0 Å². The molecule has 37 heavy (non-hydrogen) atoms. The van der Waals surface area contributed by atoms with E-state index in [0.717, 1.165) is 11.8 Å². The highest BCUT2D eigenvalue weighted by Crippen LogP contribution is 2.66. The highest BCUT2D eigenvalue weighted by Gasteiger charge is 2.74. The second-order valence-corrected chi connectivity index (χ2v) is 11.4. The Hall–Kier alpha value is -3.06. The average molecular weight is 508 g/mol. The minimum absolute atomic E-state index is 0.235. The highest BCUT2D eigenvalue weighted by atomic mass is 16.5. The molecule has 1 aromatic carbocycles. The molecule has 1 saturated carbocycles. The molecule has 1 saturated heterocycles. The summed E-state index contributed by atoms with van der Waals surface area (Å²) < 4.78 is 5.83. The normalized spacial score (nSPS) is 43.1. The van der Waals surface area contributed by atoms with Crippen molar-refractivity contribution in [3.8, 4) is 0 Å². The molecule has 0 bridgehead atoms. The third-order valence-corrected chi connectivity index (χ3v) is 9.08. The number of carbonyl (C=O) groups excluding carboxylic acids is 4. The number of benzene rings is 1. The van der Waals surface area contributed by atoms with Gasteiger partial charge in [-0.25, -0.2) is 0 Å². The molecule has 2 fully saturated rings. The summed E-state index contributed by atoms with van der Waals surface area (Å²) >= 11 is 0. The van der Waals surface area contributed by atoms with Crippen molar-refractivity contribution in [1.82, 2.24) is 5.32 Å². The van der Waals surface area contributed by atoms with Crippen LogP contribution in [0.1, 0.15) is 46.6 Å². The number of ketones is 1. The Morgan fingerprint density at radius 1 is 1.16 bits per heavy atom. The minimum atomic E-state index is -1.81. The topological polar surface area (TPSA) is 110 Å². The first-order valence-electron chi connectivity index (χ1n) is 13.0. The van der Waals surface area contributed by atoms with Crippen molar-refractivity contribution in [2.45, 2.75) is 65.2 Å². The van der Waals surface area contributed by atoms with Crippen molar-refractivity contribution in [1.29, 1.82) is 0 Å². The highest BCUT2D eigenvalue weighted by molar-refractivity contribution is 5.92. The van der Waals surface area contributed by atoms with E-state index >= 15 is 0 Å². The predicted octanol–water partition coefficient (Wildman–Crippen LogP) is 3.21. The molecule has 1 heterocycles. The van der Waals surface area contributed by atoms with E-state index in [4.69, 9.17) is 4.74 Å². The van der Waals surface area contributed by atoms with Crippen LogP contribution in [0, 0.1) is 34.5 Å². The molecule has 7 nitrogen and oxygen atoms in total. The van der Waals surface area contributed by atoms with E-state index in [-0.39, 0.29) is 29.6 Å². The number of rotatable bonds is 4. The van der Waals surface area contributed by atoms with Crippen LogP contribution >= 0.6 is 0 Å². The number of ether oxygens (including phenoxy) is 1. The third-order valence-electron chi connectivity index (χ3n) is 9.08. The average Bonchev–Trinajstić information content (AvgIpc) is 3.24. The van der Waals surface area contributed by atoms with Crippen LogP contribution in [-0.4, -0.2) is 46.8 Å². The number of amides is 1. The summed E-state index contributed by atoms with van der Waals surface area (Å²) in [6, 6.07) is 9.51. The van der Waals surface area contributed by atoms with Crippen LogP contribution in [0.2, 0.25) is 0 Å². The fourth-order valence-corrected chi connectivity index (χ4v) is 7.11. The molecule has 1 spiro atoms. The molecule has 198 valence electrons. The zero-order valence-electron chi connectivity index (χ0n) is 22.1. The Kier molecular flexibility index (Phi) is 7.06. The van der Waals surface area contributed by atoms with Gasteiger partial charge in [0.15, 0.2) is 5.78 Å². The summed E-state index contributed by atoms with van der Waals surface area (Å²) in [7, 11) is 0. The van der Waals surface area contributed by atoms with Crippen molar-refractivity contribution < 1.29 is 29.0 Å². The van der Waals surface area contributed by atoms with Crippen molar-refractivity contribution in [3.63, 3.8) is 0 Å². The lowest BCUT2D eigenvalue weighted by atomic mass is 9.64. The quantitative estimate of drug-likeness (QED) is 0.368. The SMILES string of the molecule is CC(=O)O[C@@H]1/C=C/[C@@](C)(O)C(=O)[C@@H](C)C/C=C/[C@H]2[C@@](C)(C=O)[C@@H](C)[C@H]3[C@H](Cc4ccccc4)NC(=O)[C@@]312. The predicted molar refractivity (Wildman–Crippen MR) is 138 cm³/mol. The van der Waals surface area contributed by atoms with E-state index in [1.165, 1.54) is 26.0 Å². The van der Waals surface area contributed by atoms with Crippen LogP contribution < -0.4 is 5.32 Å². The molecule has 7 heteroatoms. The monoisotopic (exact) mass is 507 g/mol. The van der Waals surface area contributed by atoms with Crippen molar-refractivity contribution in [3.05, 3.63) is 60.2 Å². The van der Waals surface area contributed by atoms with Gasteiger partial charge in [-0.2, -0.15) is 0 Å². The Morgan fingerprint density at radius 2 is 1.84 bits per heavy atom. The summed E-state index contributed by atoms with van der Waals surface area (Å²) in [6.07, 6.45) is 7.25. The molecule has 0 unspecified atom stereocenters. The van der Waals surface area contributed by atoms with Crippen LogP contribution in [-0.2, 0) is 30.3 Å². The lowest BCUT2D eigenvalue weighted by Crippen LogP contribution is -2.51. The van der Waals surface area contributed by atoms with Gasteiger partial charge in [0.2, 0.25) is 5.91 Å². The summed E-state index contributed by atoms with van der Waals surface area (Å²) in [5, 5.41) is 14.2. The third kappa shape index (κ3) is 4.27. The first-order chi connectivity index (χ1) is 17.4. The van der Waals surface area contributed by atoms with E-state index in [9.17, 15) is 24.3 Å². The lowest BCUT2D eigenvalue weighted by molar-refractivity contribution is -0.157. The van der Waals surface area contributed by atoms with Gasteiger partial charge in [-0.15, -0.1) is 0 Å². The smallest absolute Gasteiger partial charge is 0.303 e. The maximum absolute atomic E-state index is 14.2. The van der Waals surface area contributed by atoms with E-state index < -0.39 is 40.3 Å². The summed E-state index contributed by atoms with van der Waals surface area (Å²) in [4.78, 5) is 52.3. The largest absolute Gasteiger partial charge is 0.457 e. The maximum atomic E-state index is 14.2. The van der Waals surface area contributed by atoms with Gasteiger partial charge in [0.25, 0.3) is 0 Å². The molecule has 0 radical (unpaired) electrons. The Bertz CT molecular complexity index is 1140. The summed E-state index contributed by atoms with van der Waals surface area (Å²) in [5.74, 6) is -2.94. The van der Waals surface area contributed by atoms with Crippen LogP contribution in [0.15, 0.2) is 54.6 Å². The molecule has 2 aliphatic carbocycles. The van der Waals surface area contributed by atoms with E-state index in [0.29, 0.717) is 12.8 Å². The number of aliphatic hydroxyl groups is 1. The van der Waals surface area contributed by atoms with Crippen LogP contribution in [0.5, 0.6) is 0 Å². The van der Waals surface area contributed by atoms with Gasteiger partial charge >= 0.3 is 5.97 Å². The second-order valence-electron chi connectivity index (χ2n) is 11.4. The molecule has 9 atom stereocenters. The van der Waals surface area contributed by atoms with Gasteiger partial charge in [-0.3, -0.25) is 14.4 Å². The molecule has 0 aromatic heterocycles. The first kappa shape index (κ1) is 27.0. The Morgan fingerprint density at radius 3 is 2.46 bits per heavy atom. The van der Waals surface area contributed by atoms with Crippen molar-refractivity contribution >= 4 is 23.9 Å². The van der Waals surface area contributed by atoms with Gasteiger partial charge < -0.3 is 20.0 Å². The number of hydrogen-bond acceptors (Lipinski definition) is 6. The van der Waals surface area contributed by atoms with Crippen molar-refractivity contribution in [2.24, 2.45) is 34.5 Å². The molecular weight excluding hydrogens is 470 g/mol. The lowest BCUT2D eigenvalue weighted by Gasteiger charge is -2.39. The van der Waals surface area contributed by atoms with Crippen LogP contribution in [0.3, 0.4) is 0 Å². The van der Waals surface area contributed by atoms with Gasteiger partial charge in [-0.1, -0.05) is 63.3 Å². The number of esters is 1.